The molecule has 4 heterocycles. The van der Waals surface area contributed by atoms with Crippen LogP contribution in [0.15, 0.2) is 48.8 Å². The summed E-state index contributed by atoms with van der Waals surface area (Å²) in [6.45, 7) is 5.20. The highest BCUT2D eigenvalue weighted by atomic mass is 32.1. The average molecular weight is 490 g/mol. The predicted octanol–water partition coefficient (Wildman–Crippen LogP) is 3.98. The summed E-state index contributed by atoms with van der Waals surface area (Å²) in [6.07, 6.45) is 5.91. The van der Waals surface area contributed by atoms with Crippen LogP contribution in [0.1, 0.15) is 58.6 Å². The molecule has 9 heteroatoms. The van der Waals surface area contributed by atoms with Crippen LogP contribution in [0, 0.1) is 6.92 Å². The smallest absolute Gasteiger partial charge is 0.322 e. The van der Waals surface area contributed by atoms with Gasteiger partial charge >= 0.3 is 6.03 Å². The van der Waals surface area contributed by atoms with E-state index in [0.29, 0.717) is 36.6 Å². The van der Waals surface area contributed by atoms with Crippen molar-refractivity contribution in [3.8, 4) is 10.6 Å². The van der Waals surface area contributed by atoms with Crippen LogP contribution < -0.4 is 10.6 Å². The van der Waals surface area contributed by atoms with Crippen molar-refractivity contribution in [3.63, 3.8) is 0 Å². The molecule has 2 aromatic heterocycles. The maximum Gasteiger partial charge on any atom is 0.322 e. The van der Waals surface area contributed by atoms with Crippen molar-refractivity contribution in [2.75, 3.05) is 13.1 Å². The second-order valence-corrected chi connectivity index (χ2v) is 10.2. The van der Waals surface area contributed by atoms with Gasteiger partial charge in [0.2, 0.25) is 0 Å². The zero-order chi connectivity index (χ0) is 24.6. The highest BCUT2D eigenvalue weighted by molar-refractivity contribution is 7.15. The minimum atomic E-state index is -1.09. The maximum absolute atomic E-state index is 13.1. The number of hydrogen-bond acceptors (Lipinski definition) is 6. The molecule has 2 aliphatic rings. The van der Waals surface area contributed by atoms with Crippen molar-refractivity contribution in [1.82, 2.24) is 25.5 Å². The number of nitrogens with zero attached hydrogens (tertiary/aromatic N) is 3. The number of benzene rings is 1. The van der Waals surface area contributed by atoms with Crippen molar-refractivity contribution in [2.24, 2.45) is 0 Å². The number of hydrogen-bond donors (Lipinski definition) is 2. The van der Waals surface area contributed by atoms with Gasteiger partial charge in [0.25, 0.3) is 11.8 Å². The zero-order valence-electron chi connectivity index (χ0n) is 19.7. The molecule has 0 saturated carbocycles. The molecule has 2 fully saturated rings. The average Bonchev–Trinajstić information content (AvgIpc) is 3.49. The van der Waals surface area contributed by atoms with Crippen LogP contribution in [-0.4, -0.2) is 45.8 Å². The van der Waals surface area contributed by atoms with E-state index in [1.165, 1.54) is 0 Å². The van der Waals surface area contributed by atoms with Gasteiger partial charge in [0.05, 0.1) is 15.6 Å². The topological polar surface area (TPSA) is 104 Å². The van der Waals surface area contributed by atoms with E-state index < -0.39 is 11.6 Å². The number of thiazole rings is 1. The molecular formula is C26H27N5O3S. The Bertz CT molecular complexity index is 1260. The largest absolute Gasteiger partial charge is 0.339 e. The summed E-state index contributed by atoms with van der Waals surface area (Å²) in [6, 6.07) is 10.6. The predicted molar refractivity (Wildman–Crippen MR) is 133 cm³/mol. The van der Waals surface area contributed by atoms with Crippen LogP contribution >= 0.6 is 11.3 Å². The van der Waals surface area contributed by atoms with Crippen LogP contribution in [0.3, 0.4) is 0 Å². The number of pyridine rings is 1. The number of amides is 4. The Morgan fingerprint density at radius 3 is 2.43 bits per heavy atom. The van der Waals surface area contributed by atoms with Gasteiger partial charge in [-0.05, 0) is 55.5 Å². The third kappa shape index (κ3) is 4.32. The van der Waals surface area contributed by atoms with Crippen molar-refractivity contribution in [3.05, 3.63) is 70.5 Å². The summed E-state index contributed by atoms with van der Waals surface area (Å²) < 4.78 is 0. The van der Waals surface area contributed by atoms with E-state index in [9.17, 15) is 14.4 Å². The Hall–Kier alpha value is -3.59. The SMILES string of the molecule is CCC1(c2ccc(C(=O)N3CCC(c4ncc(-c5ccc(C)cn5)s4)CC3)cc2)NC(=O)NC1=O. The van der Waals surface area contributed by atoms with Gasteiger partial charge in [-0.1, -0.05) is 25.1 Å². The van der Waals surface area contributed by atoms with Crippen LogP contribution in [0.2, 0.25) is 0 Å². The molecule has 0 bridgehead atoms. The Morgan fingerprint density at radius 2 is 1.83 bits per heavy atom. The van der Waals surface area contributed by atoms with Crippen molar-refractivity contribution in [1.29, 1.82) is 0 Å². The lowest BCUT2D eigenvalue weighted by atomic mass is 9.87. The van der Waals surface area contributed by atoms with Crippen LogP contribution in [0.5, 0.6) is 0 Å². The fourth-order valence-corrected chi connectivity index (χ4v) is 5.83. The first-order valence-electron chi connectivity index (χ1n) is 11.8. The van der Waals surface area contributed by atoms with E-state index in [2.05, 4.69) is 26.7 Å². The fourth-order valence-electron chi connectivity index (χ4n) is 4.77. The van der Waals surface area contributed by atoms with Gasteiger partial charge in [0.15, 0.2) is 0 Å². The molecule has 180 valence electrons. The van der Waals surface area contributed by atoms with E-state index in [1.807, 2.05) is 37.2 Å². The first-order valence-corrected chi connectivity index (χ1v) is 12.6. The molecule has 1 unspecified atom stereocenters. The molecule has 1 atom stereocenters. The summed E-state index contributed by atoms with van der Waals surface area (Å²) in [7, 11) is 0. The molecule has 3 aromatic rings. The summed E-state index contributed by atoms with van der Waals surface area (Å²) in [5.74, 6) is -0.0571. The monoisotopic (exact) mass is 489 g/mol. The van der Waals surface area contributed by atoms with E-state index in [4.69, 9.17) is 0 Å². The van der Waals surface area contributed by atoms with E-state index >= 15 is 0 Å². The third-order valence-electron chi connectivity index (χ3n) is 6.92. The van der Waals surface area contributed by atoms with Gasteiger partial charge in [-0.15, -0.1) is 11.3 Å². The van der Waals surface area contributed by atoms with E-state index in [-0.39, 0.29) is 11.8 Å². The van der Waals surface area contributed by atoms with Crippen molar-refractivity contribution >= 4 is 29.2 Å². The lowest BCUT2D eigenvalue weighted by Crippen LogP contribution is -2.43. The highest BCUT2D eigenvalue weighted by Crippen LogP contribution is 2.35. The van der Waals surface area contributed by atoms with Crippen LogP contribution in [-0.2, 0) is 10.3 Å². The third-order valence-corrected chi connectivity index (χ3v) is 8.10. The van der Waals surface area contributed by atoms with Gasteiger partial charge in [-0.25, -0.2) is 9.78 Å². The summed E-state index contributed by atoms with van der Waals surface area (Å²) in [5.41, 5.74) is 2.23. The Balaban J connectivity index is 1.22. The second-order valence-electron chi connectivity index (χ2n) is 9.09. The van der Waals surface area contributed by atoms with E-state index in [0.717, 1.165) is 34.0 Å². The molecule has 4 amide bonds. The zero-order valence-corrected chi connectivity index (χ0v) is 20.5. The van der Waals surface area contributed by atoms with E-state index in [1.54, 1.807) is 35.6 Å². The number of likely N-dealkylation sites (tertiary alicyclic amines) is 1. The number of urea groups is 1. The van der Waals surface area contributed by atoms with Gasteiger partial charge in [-0.3, -0.25) is 19.9 Å². The van der Waals surface area contributed by atoms with Crippen molar-refractivity contribution < 1.29 is 14.4 Å². The minimum Gasteiger partial charge on any atom is -0.339 e. The molecule has 0 aliphatic carbocycles. The minimum absolute atomic E-state index is 0.0239. The molecular weight excluding hydrogens is 462 g/mol. The lowest BCUT2D eigenvalue weighted by Gasteiger charge is -2.31. The molecule has 0 spiro atoms. The van der Waals surface area contributed by atoms with Gasteiger partial charge in [-0.2, -0.15) is 0 Å². The quantitative estimate of drug-likeness (QED) is 0.528. The van der Waals surface area contributed by atoms with Crippen LogP contribution in [0.4, 0.5) is 4.79 Å². The summed E-state index contributed by atoms with van der Waals surface area (Å²) in [5, 5.41) is 6.13. The maximum atomic E-state index is 13.1. The molecule has 2 N–H and O–H groups in total. The second kappa shape index (κ2) is 9.22. The Kier molecular flexibility index (Phi) is 6.10. The number of imide groups is 1. The number of aryl methyl sites for hydroxylation is 1. The van der Waals surface area contributed by atoms with Gasteiger partial charge in [0, 0.05) is 37.0 Å². The number of carbonyl (C=O) groups excluding carboxylic acids is 3. The number of carbonyl (C=O) groups is 3. The fraction of sp³-hybridized carbons (Fsp3) is 0.346. The molecule has 35 heavy (non-hydrogen) atoms. The summed E-state index contributed by atoms with van der Waals surface area (Å²) in [4.78, 5) is 49.3. The molecule has 0 radical (unpaired) electrons. The first-order chi connectivity index (χ1) is 16.9. The molecule has 5 rings (SSSR count). The molecule has 1 aromatic carbocycles. The number of rotatable bonds is 5. The van der Waals surface area contributed by atoms with Gasteiger partial charge < -0.3 is 10.2 Å². The summed E-state index contributed by atoms with van der Waals surface area (Å²) >= 11 is 1.68. The number of aromatic nitrogens is 2. The standard InChI is InChI=1S/C26H27N5O3S/c1-3-26(24(33)29-25(34)30-26)19-7-5-18(6-8-19)23(32)31-12-10-17(11-13-31)22-28-15-21(35-22)20-9-4-16(2)14-27-20/h4-9,14-15,17H,3,10-13H2,1-2H3,(H2,29,30,33,34). The van der Waals surface area contributed by atoms with Crippen molar-refractivity contribution in [2.45, 2.75) is 44.6 Å². The first kappa shape index (κ1) is 23.2. The number of nitrogens with one attached hydrogen (secondary N) is 2. The van der Waals surface area contributed by atoms with Gasteiger partial charge in [0.1, 0.15) is 5.54 Å². The molecule has 2 saturated heterocycles. The van der Waals surface area contributed by atoms with Crippen LogP contribution in [0.25, 0.3) is 10.6 Å². The number of piperidine rings is 1. The Labute approximate surface area is 207 Å². The highest BCUT2D eigenvalue weighted by Gasteiger charge is 2.46. The molecule has 2 aliphatic heterocycles. The normalized spacial score (nSPS) is 20.6. The lowest BCUT2D eigenvalue weighted by molar-refractivity contribution is -0.124. The molecule has 8 nitrogen and oxygen atoms in total. The Morgan fingerprint density at radius 1 is 1.09 bits per heavy atom.